The molecule has 0 atom stereocenters. The lowest BCUT2D eigenvalue weighted by atomic mass is 10.2. The van der Waals surface area contributed by atoms with Gasteiger partial charge in [-0.2, -0.15) is 4.98 Å². The van der Waals surface area contributed by atoms with Crippen LogP contribution in [0.3, 0.4) is 0 Å². The number of hydrogen-bond donors (Lipinski definition) is 1. The fraction of sp³-hybridized carbons (Fsp3) is 0.333. The summed E-state index contributed by atoms with van der Waals surface area (Å²) in [4.78, 5) is 8.01. The highest BCUT2D eigenvalue weighted by atomic mass is 35.5. The molecule has 0 saturated carbocycles. The molecule has 0 unspecified atom stereocenters. The zero-order valence-corrected chi connectivity index (χ0v) is 14.9. The summed E-state index contributed by atoms with van der Waals surface area (Å²) in [7, 11) is -3.66. The van der Waals surface area contributed by atoms with Crippen molar-refractivity contribution < 1.29 is 17.9 Å². The minimum atomic E-state index is -3.66. The first kappa shape index (κ1) is 18.3. The first-order valence-electron chi connectivity index (χ1n) is 7.31. The molecular weight excluding hydrogens is 354 g/mol. The van der Waals surface area contributed by atoms with E-state index < -0.39 is 10.0 Å². The van der Waals surface area contributed by atoms with Gasteiger partial charge in [-0.05, 0) is 31.5 Å². The molecule has 0 spiro atoms. The molecule has 1 heterocycles. The number of aromatic nitrogens is 2. The fourth-order valence-corrected chi connectivity index (χ4v) is 3.17. The van der Waals surface area contributed by atoms with Crippen LogP contribution in [-0.2, 0) is 15.8 Å². The second kappa shape index (κ2) is 8.16. The highest BCUT2D eigenvalue weighted by molar-refractivity contribution is 7.91. The van der Waals surface area contributed by atoms with E-state index in [2.05, 4.69) is 14.7 Å². The van der Waals surface area contributed by atoms with Gasteiger partial charge >= 0.3 is 6.01 Å². The van der Waals surface area contributed by atoms with E-state index in [-0.39, 0.29) is 23.3 Å². The minimum Gasteiger partial charge on any atom is -0.476 e. The quantitative estimate of drug-likeness (QED) is 0.767. The number of benzene rings is 1. The number of ether oxygens (including phenoxy) is 2. The first-order chi connectivity index (χ1) is 11.4. The maximum atomic E-state index is 12.3. The highest BCUT2D eigenvalue weighted by Crippen LogP contribution is 2.25. The third kappa shape index (κ3) is 5.24. The molecule has 1 N–H and O–H groups in total. The molecule has 0 amide bonds. The molecule has 0 aliphatic carbocycles. The van der Waals surface area contributed by atoms with Crippen LogP contribution in [-0.4, -0.2) is 31.6 Å². The summed E-state index contributed by atoms with van der Waals surface area (Å²) in [5.74, 6) is -0.0845. The molecule has 0 saturated heterocycles. The summed E-state index contributed by atoms with van der Waals surface area (Å²) in [6.45, 7) is 4.29. The molecule has 130 valence electrons. The minimum absolute atomic E-state index is 0.121. The van der Waals surface area contributed by atoms with Crippen LogP contribution < -0.4 is 14.2 Å². The lowest BCUT2D eigenvalue weighted by Gasteiger charge is -2.12. The fourth-order valence-electron chi connectivity index (χ4n) is 1.87. The smallest absolute Gasteiger partial charge is 0.319 e. The zero-order valence-electron chi connectivity index (χ0n) is 13.3. The number of nitrogens with zero attached hydrogens (tertiary/aromatic N) is 2. The van der Waals surface area contributed by atoms with Crippen molar-refractivity contribution in [3.05, 3.63) is 41.0 Å². The van der Waals surface area contributed by atoms with E-state index in [4.69, 9.17) is 21.1 Å². The standard InChI is InChI=1S/C15H18ClN3O4S/c1-3-22-14-13(9-17-15(18-14)23-4-2)19-24(20,21)10-11-5-7-12(16)8-6-11/h5-9,19H,3-4,10H2,1-2H3. The molecule has 1 aromatic heterocycles. The predicted molar refractivity (Wildman–Crippen MR) is 92.1 cm³/mol. The monoisotopic (exact) mass is 371 g/mol. The van der Waals surface area contributed by atoms with Gasteiger partial charge in [0.2, 0.25) is 15.9 Å². The summed E-state index contributed by atoms with van der Waals surface area (Å²) < 4.78 is 37.7. The van der Waals surface area contributed by atoms with E-state index in [1.807, 2.05) is 0 Å². The Hall–Kier alpha value is -2.06. The molecule has 0 aliphatic rings. The van der Waals surface area contributed by atoms with Crippen LogP contribution in [0, 0.1) is 0 Å². The molecule has 0 bridgehead atoms. The molecular formula is C15H18ClN3O4S. The Morgan fingerprint density at radius 3 is 2.42 bits per heavy atom. The third-order valence-electron chi connectivity index (χ3n) is 2.82. The van der Waals surface area contributed by atoms with Crippen molar-refractivity contribution in [2.45, 2.75) is 19.6 Å². The average Bonchev–Trinajstić information content (AvgIpc) is 2.52. The molecule has 9 heteroatoms. The largest absolute Gasteiger partial charge is 0.476 e. The number of anilines is 1. The third-order valence-corrected chi connectivity index (χ3v) is 4.32. The van der Waals surface area contributed by atoms with Crippen LogP contribution >= 0.6 is 11.6 Å². The van der Waals surface area contributed by atoms with Crippen LogP contribution in [0.1, 0.15) is 19.4 Å². The number of hydrogen-bond acceptors (Lipinski definition) is 6. The van der Waals surface area contributed by atoms with Gasteiger partial charge in [0.05, 0.1) is 25.2 Å². The Kier molecular flexibility index (Phi) is 6.22. The summed E-state index contributed by atoms with van der Waals surface area (Å²) in [6.07, 6.45) is 1.32. The van der Waals surface area contributed by atoms with Crippen molar-refractivity contribution in [3.63, 3.8) is 0 Å². The van der Waals surface area contributed by atoms with Gasteiger partial charge in [0, 0.05) is 5.02 Å². The van der Waals surface area contributed by atoms with E-state index in [1.165, 1.54) is 6.20 Å². The Bertz CT molecular complexity index is 782. The SMILES string of the molecule is CCOc1ncc(NS(=O)(=O)Cc2ccc(Cl)cc2)c(OCC)n1. The van der Waals surface area contributed by atoms with Crippen LogP contribution in [0.5, 0.6) is 11.9 Å². The Morgan fingerprint density at radius 2 is 1.79 bits per heavy atom. The molecule has 0 fully saturated rings. The Labute approximate surface area is 146 Å². The molecule has 2 aromatic rings. The summed E-state index contributed by atoms with van der Waals surface area (Å²) >= 11 is 5.80. The average molecular weight is 372 g/mol. The first-order valence-corrected chi connectivity index (χ1v) is 9.34. The Balaban J connectivity index is 2.19. The van der Waals surface area contributed by atoms with E-state index in [0.29, 0.717) is 23.8 Å². The summed E-state index contributed by atoms with van der Waals surface area (Å²) in [5, 5.41) is 0.544. The number of sulfonamides is 1. The highest BCUT2D eigenvalue weighted by Gasteiger charge is 2.17. The van der Waals surface area contributed by atoms with Gasteiger partial charge in [-0.3, -0.25) is 4.72 Å². The predicted octanol–water partition coefficient (Wildman–Crippen LogP) is 2.87. The summed E-state index contributed by atoms with van der Waals surface area (Å²) in [6, 6.07) is 6.71. The van der Waals surface area contributed by atoms with E-state index in [1.54, 1.807) is 38.1 Å². The molecule has 24 heavy (non-hydrogen) atoms. The van der Waals surface area contributed by atoms with Gasteiger partial charge in [0.1, 0.15) is 5.69 Å². The normalized spacial score (nSPS) is 11.1. The zero-order chi connectivity index (χ0) is 17.6. The van der Waals surface area contributed by atoms with Crippen LogP contribution in [0.2, 0.25) is 5.02 Å². The number of nitrogens with one attached hydrogen (secondary N) is 1. The lowest BCUT2D eigenvalue weighted by molar-refractivity contribution is 0.290. The number of halogens is 1. The van der Waals surface area contributed by atoms with Gasteiger partial charge in [0.15, 0.2) is 0 Å². The van der Waals surface area contributed by atoms with E-state index >= 15 is 0 Å². The van der Waals surface area contributed by atoms with E-state index in [0.717, 1.165) is 0 Å². The van der Waals surface area contributed by atoms with Crippen molar-refractivity contribution in [1.29, 1.82) is 0 Å². The van der Waals surface area contributed by atoms with Crippen LogP contribution in [0.15, 0.2) is 30.5 Å². The van der Waals surface area contributed by atoms with Crippen molar-refractivity contribution in [3.8, 4) is 11.9 Å². The summed E-state index contributed by atoms with van der Waals surface area (Å²) in [5.41, 5.74) is 0.769. The van der Waals surface area contributed by atoms with Gasteiger partial charge in [-0.25, -0.2) is 13.4 Å². The maximum absolute atomic E-state index is 12.3. The Morgan fingerprint density at radius 1 is 1.12 bits per heavy atom. The van der Waals surface area contributed by atoms with Gasteiger partial charge in [-0.1, -0.05) is 23.7 Å². The second-order valence-electron chi connectivity index (χ2n) is 4.73. The molecule has 0 aliphatic heterocycles. The number of rotatable bonds is 8. The van der Waals surface area contributed by atoms with Crippen molar-refractivity contribution in [2.24, 2.45) is 0 Å². The van der Waals surface area contributed by atoms with Crippen molar-refractivity contribution in [1.82, 2.24) is 9.97 Å². The van der Waals surface area contributed by atoms with Crippen LogP contribution in [0.25, 0.3) is 0 Å². The topological polar surface area (TPSA) is 90.4 Å². The molecule has 0 radical (unpaired) electrons. The van der Waals surface area contributed by atoms with Gasteiger partial charge in [-0.15, -0.1) is 0 Å². The lowest BCUT2D eigenvalue weighted by Crippen LogP contribution is -2.17. The van der Waals surface area contributed by atoms with Crippen LogP contribution in [0.4, 0.5) is 5.69 Å². The van der Waals surface area contributed by atoms with Crippen molar-refractivity contribution >= 4 is 27.3 Å². The molecule has 2 rings (SSSR count). The molecule has 1 aromatic carbocycles. The maximum Gasteiger partial charge on any atom is 0.319 e. The molecule has 7 nitrogen and oxygen atoms in total. The van der Waals surface area contributed by atoms with Gasteiger partial charge in [0.25, 0.3) is 0 Å². The van der Waals surface area contributed by atoms with Gasteiger partial charge < -0.3 is 9.47 Å². The van der Waals surface area contributed by atoms with E-state index in [9.17, 15) is 8.42 Å². The van der Waals surface area contributed by atoms with Crippen molar-refractivity contribution in [2.75, 3.05) is 17.9 Å². The second-order valence-corrected chi connectivity index (χ2v) is 6.88.